The fourth-order valence-electron chi connectivity index (χ4n) is 1.55. The molecule has 0 spiro atoms. The average molecular weight is 224 g/mol. The molecule has 0 fully saturated rings. The van der Waals surface area contributed by atoms with E-state index in [1.165, 1.54) is 7.11 Å². The van der Waals surface area contributed by atoms with Gasteiger partial charge in [-0.05, 0) is 30.5 Å². The summed E-state index contributed by atoms with van der Waals surface area (Å²) in [6.45, 7) is 3.65. The molecule has 0 radical (unpaired) electrons. The van der Waals surface area contributed by atoms with Gasteiger partial charge in [0.1, 0.15) is 5.75 Å². The molecule has 1 N–H and O–H groups in total. The van der Waals surface area contributed by atoms with E-state index in [2.05, 4.69) is 4.74 Å². The lowest BCUT2D eigenvalue weighted by molar-refractivity contribution is -0.142. The number of benzene rings is 1. The molecule has 1 rings (SSSR count). The summed E-state index contributed by atoms with van der Waals surface area (Å²) in [4.78, 5) is 10.9. The number of carbonyl (C=O) groups excluding carboxylic acids is 1. The van der Waals surface area contributed by atoms with E-state index >= 15 is 0 Å². The predicted octanol–water partition coefficient (Wildman–Crippen LogP) is 1.35. The maximum atomic E-state index is 10.9. The Balaban J connectivity index is 2.84. The smallest absolute Gasteiger partial charge is 0.343 e. The lowest BCUT2D eigenvalue weighted by Gasteiger charge is -2.12. The van der Waals surface area contributed by atoms with Crippen molar-refractivity contribution in [3.63, 3.8) is 0 Å². The highest BCUT2D eigenvalue weighted by Crippen LogP contribution is 2.24. The average Bonchev–Trinajstić information content (AvgIpc) is 2.27. The molecular weight excluding hydrogens is 208 g/mol. The van der Waals surface area contributed by atoms with E-state index < -0.39 is 5.97 Å². The molecule has 1 aromatic rings. The minimum atomic E-state index is -0.412. The molecule has 4 heteroatoms. The molecule has 4 nitrogen and oxygen atoms in total. The number of ether oxygens (including phenoxy) is 2. The van der Waals surface area contributed by atoms with Crippen molar-refractivity contribution in [2.75, 3.05) is 13.7 Å². The van der Waals surface area contributed by atoms with Crippen molar-refractivity contribution in [1.29, 1.82) is 0 Å². The van der Waals surface area contributed by atoms with Gasteiger partial charge in [-0.2, -0.15) is 0 Å². The molecule has 0 saturated carbocycles. The molecular formula is C12H16O4. The summed E-state index contributed by atoms with van der Waals surface area (Å²) in [5, 5.41) is 9.02. The van der Waals surface area contributed by atoms with Crippen LogP contribution in [0.25, 0.3) is 0 Å². The monoisotopic (exact) mass is 224 g/mol. The molecule has 0 amide bonds. The topological polar surface area (TPSA) is 55.8 Å². The zero-order chi connectivity index (χ0) is 12.1. The normalized spacial score (nSPS) is 10.0. The van der Waals surface area contributed by atoms with Crippen molar-refractivity contribution < 1.29 is 19.4 Å². The van der Waals surface area contributed by atoms with Crippen molar-refractivity contribution in [2.24, 2.45) is 0 Å². The minimum absolute atomic E-state index is 0.00103. The summed E-state index contributed by atoms with van der Waals surface area (Å²) in [7, 11) is 1.32. The fourth-order valence-corrected chi connectivity index (χ4v) is 1.55. The third-order valence-electron chi connectivity index (χ3n) is 2.26. The largest absolute Gasteiger partial charge is 0.481 e. The molecule has 0 aliphatic rings. The number of aryl methyl sites for hydroxylation is 2. The van der Waals surface area contributed by atoms with Crippen molar-refractivity contribution in [2.45, 2.75) is 20.5 Å². The SMILES string of the molecule is COC(=O)COc1c(C)cc(CO)cc1C. The molecule has 1 aromatic carbocycles. The highest BCUT2D eigenvalue weighted by atomic mass is 16.6. The Bertz CT molecular complexity index is 362. The Labute approximate surface area is 94.8 Å². The van der Waals surface area contributed by atoms with Crippen molar-refractivity contribution >= 4 is 5.97 Å². The van der Waals surface area contributed by atoms with Crippen LogP contribution in [0.4, 0.5) is 0 Å². The molecule has 0 aliphatic carbocycles. The minimum Gasteiger partial charge on any atom is -0.481 e. The molecule has 0 atom stereocenters. The highest BCUT2D eigenvalue weighted by Gasteiger charge is 2.08. The van der Waals surface area contributed by atoms with Gasteiger partial charge >= 0.3 is 5.97 Å². The number of aliphatic hydroxyl groups is 1. The number of carbonyl (C=O) groups is 1. The van der Waals surface area contributed by atoms with Crippen LogP contribution in [-0.2, 0) is 16.1 Å². The standard InChI is InChI=1S/C12H16O4/c1-8-4-10(6-13)5-9(2)12(8)16-7-11(14)15-3/h4-5,13H,6-7H2,1-3H3. The summed E-state index contributed by atoms with van der Waals surface area (Å²) in [6.07, 6.45) is 0. The second-order valence-corrected chi connectivity index (χ2v) is 3.58. The number of esters is 1. The fraction of sp³-hybridized carbons (Fsp3) is 0.417. The molecule has 0 bridgehead atoms. The second-order valence-electron chi connectivity index (χ2n) is 3.58. The second kappa shape index (κ2) is 5.51. The van der Waals surface area contributed by atoms with Crippen LogP contribution < -0.4 is 4.74 Å². The van der Waals surface area contributed by atoms with Gasteiger partial charge in [-0.3, -0.25) is 0 Å². The van der Waals surface area contributed by atoms with Crippen LogP contribution in [0.2, 0.25) is 0 Å². The van der Waals surface area contributed by atoms with E-state index in [-0.39, 0.29) is 13.2 Å². The lowest BCUT2D eigenvalue weighted by Crippen LogP contribution is -2.13. The van der Waals surface area contributed by atoms with E-state index in [4.69, 9.17) is 9.84 Å². The van der Waals surface area contributed by atoms with Crippen LogP contribution >= 0.6 is 0 Å². The zero-order valence-corrected chi connectivity index (χ0v) is 9.74. The first-order valence-electron chi connectivity index (χ1n) is 4.99. The van der Waals surface area contributed by atoms with Crippen molar-refractivity contribution in [3.8, 4) is 5.75 Å². The molecule has 0 heterocycles. The van der Waals surface area contributed by atoms with E-state index in [9.17, 15) is 4.79 Å². The number of hydrogen-bond donors (Lipinski definition) is 1. The third-order valence-corrected chi connectivity index (χ3v) is 2.26. The Kier molecular flexibility index (Phi) is 4.31. The third kappa shape index (κ3) is 2.97. The molecule has 0 aliphatic heterocycles. The Hall–Kier alpha value is -1.55. The van der Waals surface area contributed by atoms with Gasteiger partial charge in [-0.1, -0.05) is 12.1 Å². The first kappa shape index (κ1) is 12.5. The molecule has 0 unspecified atom stereocenters. The Morgan fingerprint density at radius 2 is 1.88 bits per heavy atom. The van der Waals surface area contributed by atoms with Crippen LogP contribution in [0.3, 0.4) is 0 Å². The summed E-state index contributed by atoms with van der Waals surface area (Å²) in [5.41, 5.74) is 2.63. The number of aliphatic hydroxyl groups excluding tert-OH is 1. The van der Waals surface area contributed by atoms with Gasteiger partial charge < -0.3 is 14.6 Å². The summed E-state index contributed by atoms with van der Waals surface area (Å²) in [6, 6.07) is 3.67. The quantitative estimate of drug-likeness (QED) is 0.784. The maximum absolute atomic E-state index is 10.9. The predicted molar refractivity (Wildman–Crippen MR) is 59.3 cm³/mol. The highest BCUT2D eigenvalue weighted by molar-refractivity contribution is 5.71. The van der Waals surface area contributed by atoms with Crippen LogP contribution in [0.1, 0.15) is 16.7 Å². The number of rotatable bonds is 4. The maximum Gasteiger partial charge on any atom is 0.343 e. The van der Waals surface area contributed by atoms with Crippen LogP contribution in [0.15, 0.2) is 12.1 Å². The lowest BCUT2D eigenvalue weighted by atomic mass is 10.1. The van der Waals surface area contributed by atoms with E-state index in [0.717, 1.165) is 16.7 Å². The molecule has 88 valence electrons. The molecule has 0 aromatic heterocycles. The van der Waals surface area contributed by atoms with E-state index in [1.54, 1.807) is 0 Å². The van der Waals surface area contributed by atoms with Gasteiger partial charge in [0.2, 0.25) is 0 Å². The Morgan fingerprint density at radius 3 is 2.31 bits per heavy atom. The molecule has 16 heavy (non-hydrogen) atoms. The zero-order valence-electron chi connectivity index (χ0n) is 9.74. The van der Waals surface area contributed by atoms with Crippen LogP contribution in [0.5, 0.6) is 5.75 Å². The van der Waals surface area contributed by atoms with Crippen LogP contribution in [0, 0.1) is 13.8 Å². The van der Waals surface area contributed by atoms with Gasteiger partial charge in [0.05, 0.1) is 13.7 Å². The summed E-state index contributed by atoms with van der Waals surface area (Å²) < 4.78 is 9.86. The van der Waals surface area contributed by atoms with Gasteiger partial charge in [-0.25, -0.2) is 4.79 Å². The van der Waals surface area contributed by atoms with Crippen molar-refractivity contribution in [3.05, 3.63) is 28.8 Å². The summed E-state index contributed by atoms with van der Waals surface area (Å²) >= 11 is 0. The van der Waals surface area contributed by atoms with E-state index in [0.29, 0.717) is 5.75 Å². The number of hydrogen-bond acceptors (Lipinski definition) is 4. The Morgan fingerprint density at radius 1 is 1.31 bits per heavy atom. The van der Waals surface area contributed by atoms with Crippen molar-refractivity contribution in [1.82, 2.24) is 0 Å². The summed E-state index contributed by atoms with van der Waals surface area (Å²) in [5.74, 6) is 0.257. The number of methoxy groups -OCH3 is 1. The van der Waals surface area contributed by atoms with E-state index in [1.807, 2.05) is 26.0 Å². The van der Waals surface area contributed by atoms with Gasteiger partial charge in [0.25, 0.3) is 0 Å². The van der Waals surface area contributed by atoms with Gasteiger partial charge in [0.15, 0.2) is 6.61 Å². The first-order chi connectivity index (χ1) is 7.58. The molecule has 0 saturated heterocycles. The first-order valence-corrected chi connectivity index (χ1v) is 4.99. The van der Waals surface area contributed by atoms with Crippen LogP contribution in [-0.4, -0.2) is 24.8 Å². The van der Waals surface area contributed by atoms with Gasteiger partial charge in [0, 0.05) is 0 Å². The van der Waals surface area contributed by atoms with Gasteiger partial charge in [-0.15, -0.1) is 0 Å².